The van der Waals surface area contributed by atoms with Crippen LogP contribution in [-0.2, 0) is 6.54 Å². The second kappa shape index (κ2) is 8.41. The van der Waals surface area contributed by atoms with E-state index >= 15 is 0 Å². The Morgan fingerprint density at radius 2 is 1.96 bits per heavy atom. The third-order valence-electron chi connectivity index (χ3n) is 4.01. The van der Waals surface area contributed by atoms with Crippen molar-refractivity contribution in [3.05, 3.63) is 81.8 Å². The zero-order valence-corrected chi connectivity index (χ0v) is 15.9. The van der Waals surface area contributed by atoms with Gasteiger partial charge in [-0.25, -0.2) is 13.9 Å². The average molecular weight is 407 g/mol. The lowest BCUT2D eigenvalue weighted by atomic mass is 10.1. The van der Waals surface area contributed by atoms with Gasteiger partial charge in [0, 0.05) is 24.0 Å². The summed E-state index contributed by atoms with van der Waals surface area (Å²) in [5, 5.41) is 9.89. The van der Waals surface area contributed by atoms with E-state index in [0.29, 0.717) is 17.1 Å². The molecular weight excluding hydrogens is 390 g/mol. The van der Waals surface area contributed by atoms with Gasteiger partial charge in [0.15, 0.2) is 0 Å². The molecule has 1 aromatic heterocycles. The molecule has 0 aliphatic rings. The van der Waals surface area contributed by atoms with Gasteiger partial charge in [-0.2, -0.15) is 5.10 Å². The summed E-state index contributed by atoms with van der Waals surface area (Å²) < 4.78 is 15.4. The Bertz CT molecular complexity index is 930. The van der Waals surface area contributed by atoms with Crippen LogP contribution in [0.5, 0.6) is 0 Å². The highest BCUT2D eigenvalue weighted by atomic mass is 35.5. The minimum absolute atomic E-state index is 0.0565. The Hall–Kier alpha value is -2.57. The fraction of sp³-hybridized carbons (Fsp3) is 0.158. The van der Waals surface area contributed by atoms with Crippen LogP contribution in [0.2, 0.25) is 10.0 Å². The maximum atomic E-state index is 13.6. The standard InChI is InChI=1S/C19H17Cl2FN4O/c1-12(15-9-18(22)17(21)10-16(15)20)25-19(27)23-11-13-3-5-14(6-4-13)26-8-2-7-24-26/h2-10,12H,11H2,1H3,(H2,23,25,27). The van der Waals surface area contributed by atoms with Crippen molar-refractivity contribution in [3.63, 3.8) is 0 Å². The van der Waals surface area contributed by atoms with Gasteiger partial charge in [-0.05, 0) is 48.4 Å². The molecular formula is C19H17Cl2FN4O. The van der Waals surface area contributed by atoms with Crippen molar-refractivity contribution in [2.45, 2.75) is 19.5 Å². The molecule has 0 aliphatic heterocycles. The fourth-order valence-corrected chi connectivity index (χ4v) is 3.11. The van der Waals surface area contributed by atoms with E-state index in [4.69, 9.17) is 23.2 Å². The van der Waals surface area contributed by atoms with Crippen LogP contribution in [0.15, 0.2) is 54.9 Å². The maximum Gasteiger partial charge on any atom is 0.315 e. The Kier molecular flexibility index (Phi) is 5.98. The number of nitrogens with zero attached hydrogens (tertiary/aromatic N) is 2. The summed E-state index contributed by atoms with van der Waals surface area (Å²) in [6.07, 6.45) is 3.56. The first-order chi connectivity index (χ1) is 12.9. The molecule has 2 N–H and O–H groups in total. The Balaban J connectivity index is 1.56. The smallest absolute Gasteiger partial charge is 0.315 e. The quantitative estimate of drug-likeness (QED) is 0.593. The first-order valence-electron chi connectivity index (χ1n) is 8.22. The summed E-state index contributed by atoms with van der Waals surface area (Å²) in [5.41, 5.74) is 2.32. The van der Waals surface area contributed by atoms with Crippen LogP contribution in [0.3, 0.4) is 0 Å². The minimum Gasteiger partial charge on any atom is -0.334 e. The number of nitrogens with one attached hydrogen (secondary N) is 2. The van der Waals surface area contributed by atoms with Crippen LogP contribution in [-0.4, -0.2) is 15.8 Å². The molecule has 1 atom stereocenters. The highest BCUT2D eigenvalue weighted by Gasteiger charge is 2.15. The first kappa shape index (κ1) is 19.2. The van der Waals surface area contributed by atoms with E-state index in [1.54, 1.807) is 17.8 Å². The molecule has 0 saturated carbocycles. The third kappa shape index (κ3) is 4.78. The van der Waals surface area contributed by atoms with Crippen LogP contribution in [0.25, 0.3) is 5.69 Å². The van der Waals surface area contributed by atoms with E-state index in [0.717, 1.165) is 11.3 Å². The normalized spacial score (nSPS) is 11.9. The van der Waals surface area contributed by atoms with Gasteiger partial charge in [-0.15, -0.1) is 0 Å². The van der Waals surface area contributed by atoms with Gasteiger partial charge >= 0.3 is 6.03 Å². The van der Waals surface area contributed by atoms with Crippen LogP contribution < -0.4 is 10.6 Å². The number of benzene rings is 2. The van der Waals surface area contributed by atoms with Crippen LogP contribution in [0.4, 0.5) is 9.18 Å². The molecule has 0 bridgehead atoms. The fourth-order valence-electron chi connectivity index (χ4n) is 2.57. The van der Waals surface area contributed by atoms with E-state index in [9.17, 15) is 9.18 Å². The number of aromatic nitrogens is 2. The molecule has 3 aromatic rings. The largest absolute Gasteiger partial charge is 0.334 e. The van der Waals surface area contributed by atoms with Crippen molar-refractivity contribution < 1.29 is 9.18 Å². The van der Waals surface area contributed by atoms with E-state index in [1.165, 1.54) is 12.1 Å². The van der Waals surface area contributed by atoms with Gasteiger partial charge in [-0.1, -0.05) is 35.3 Å². The maximum absolute atomic E-state index is 13.6. The molecule has 0 saturated heterocycles. The van der Waals surface area contributed by atoms with E-state index in [2.05, 4.69) is 15.7 Å². The topological polar surface area (TPSA) is 59.0 Å². The lowest BCUT2D eigenvalue weighted by molar-refractivity contribution is 0.237. The van der Waals surface area contributed by atoms with E-state index in [1.807, 2.05) is 36.5 Å². The van der Waals surface area contributed by atoms with Crippen molar-refractivity contribution in [2.24, 2.45) is 0 Å². The van der Waals surface area contributed by atoms with E-state index in [-0.39, 0.29) is 11.1 Å². The van der Waals surface area contributed by atoms with Crippen molar-refractivity contribution in [2.75, 3.05) is 0 Å². The molecule has 2 aromatic carbocycles. The highest BCUT2D eigenvalue weighted by Crippen LogP contribution is 2.28. The summed E-state index contributed by atoms with van der Waals surface area (Å²) in [6.45, 7) is 2.06. The highest BCUT2D eigenvalue weighted by molar-refractivity contribution is 6.35. The molecule has 5 nitrogen and oxygen atoms in total. The predicted octanol–water partition coefficient (Wildman–Crippen LogP) is 4.88. The number of amides is 2. The lowest BCUT2D eigenvalue weighted by Crippen LogP contribution is -2.36. The third-order valence-corrected chi connectivity index (χ3v) is 4.63. The van der Waals surface area contributed by atoms with Gasteiger partial charge in [0.1, 0.15) is 5.82 Å². The number of hydrogen-bond donors (Lipinski definition) is 2. The van der Waals surface area contributed by atoms with Crippen molar-refractivity contribution in [3.8, 4) is 5.69 Å². The Labute approximate surface area is 166 Å². The predicted molar refractivity (Wildman–Crippen MR) is 104 cm³/mol. The number of halogens is 3. The SMILES string of the molecule is CC(NC(=O)NCc1ccc(-n2cccn2)cc1)c1cc(F)c(Cl)cc1Cl. The lowest BCUT2D eigenvalue weighted by Gasteiger charge is -2.17. The molecule has 8 heteroatoms. The molecule has 27 heavy (non-hydrogen) atoms. The van der Waals surface area contributed by atoms with Gasteiger partial charge in [0.2, 0.25) is 0 Å². The summed E-state index contributed by atoms with van der Waals surface area (Å²) >= 11 is 11.8. The van der Waals surface area contributed by atoms with Crippen LogP contribution >= 0.6 is 23.2 Å². The molecule has 1 heterocycles. The molecule has 2 amide bonds. The Morgan fingerprint density at radius 3 is 2.63 bits per heavy atom. The first-order valence-corrected chi connectivity index (χ1v) is 8.97. The summed E-state index contributed by atoms with van der Waals surface area (Å²) in [6, 6.07) is 11.2. The Morgan fingerprint density at radius 1 is 1.22 bits per heavy atom. The molecule has 1 unspecified atom stereocenters. The average Bonchev–Trinajstić information content (AvgIpc) is 3.18. The van der Waals surface area contributed by atoms with E-state index < -0.39 is 11.9 Å². The molecule has 140 valence electrons. The second-order valence-electron chi connectivity index (χ2n) is 5.95. The number of rotatable bonds is 5. The molecule has 0 radical (unpaired) electrons. The van der Waals surface area contributed by atoms with Gasteiger partial charge < -0.3 is 10.6 Å². The summed E-state index contributed by atoms with van der Waals surface area (Å²) in [5.74, 6) is -0.581. The van der Waals surface area contributed by atoms with Gasteiger partial charge in [0.25, 0.3) is 0 Å². The number of carbonyl (C=O) groups is 1. The van der Waals surface area contributed by atoms with Gasteiger partial charge in [-0.3, -0.25) is 0 Å². The van der Waals surface area contributed by atoms with Crippen molar-refractivity contribution >= 4 is 29.2 Å². The zero-order chi connectivity index (χ0) is 19.4. The molecule has 0 spiro atoms. The number of carbonyl (C=O) groups excluding carboxylic acids is 1. The van der Waals surface area contributed by atoms with Crippen LogP contribution in [0.1, 0.15) is 24.1 Å². The molecule has 0 fully saturated rings. The van der Waals surface area contributed by atoms with Gasteiger partial charge in [0.05, 0.1) is 16.8 Å². The summed E-state index contributed by atoms with van der Waals surface area (Å²) in [4.78, 5) is 12.1. The monoisotopic (exact) mass is 406 g/mol. The zero-order valence-electron chi connectivity index (χ0n) is 14.4. The number of urea groups is 1. The van der Waals surface area contributed by atoms with Crippen LogP contribution in [0, 0.1) is 5.82 Å². The summed E-state index contributed by atoms with van der Waals surface area (Å²) in [7, 11) is 0. The van der Waals surface area contributed by atoms with Crippen molar-refractivity contribution in [1.29, 1.82) is 0 Å². The number of hydrogen-bond acceptors (Lipinski definition) is 2. The van der Waals surface area contributed by atoms with Crippen molar-refractivity contribution in [1.82, 2.24) is 20.4 Å². The molecule has 3 rings (SSSR count). The minimum atomic E-state index is -0.581. The molecule has 0 aliphatic carbocycles. The second-order valence-corrected chi connectivity index (χ2v) is 6.77.